The molecule has 0 atom stereocenters. The minimum atomic E-state index is -3.64. The Kier molecular flexibility index (Phi) is 5.14. The van der Waals surface area contributed by atoms with E-state index < -0.39 is 15.9 Å². The number of halogens is 1. The van der Waals surface area contributed by atoms with Crippen molar-refractivity contribution in [3.8, 4) is 0 Å². The summed E-state index contributed by atoms with van der Waals surface area (Å²) >= 11 is 6.70. The summed E-state index contributed by atoms with van der Waals surface area (Å²) in [6.07, 6.45) is 2.72. The number of piperidine rings is 1. The maximum absolute atomic E-state index is 12.5. The molecule has 2 heterocycles. The Morgan fingerprint density at radius 2 is 1.96 bits per heavy atom. The first-order chi connectivity index (χ1) is 11.5. The van der Waals surface area contributed by atoms with Crippen molar-refractivity contribution in [2.24, 2.45) is 0 Å². The summed E-state index contributed by atoms with van der Waals surface area (Å²) in [7, 11) is -3.64. The average Bonchev–Trinajstić information content (AvgIpc) is 3.05. The molecule has 1 aliphatic rings. The lowest BCUT2D eigenvalue weighted by atomic mass is 10.2. The third-order valence-corrected chi connectivity index (χ3v) is 6.91. The van der Waals surface area contributed by atoms with E-state index in [9.17, 15) is 13.2 Å². The van der Waals surface area contributed by atoms with Crippen LogP contribution in [0.3, 0.4) is 0 Å². The molecule has 3 rings (SSSR count). The standard InChI is InChI=1S/C14H15ClN4O3S2/c15-11-6-4-5-10(9-11)12(20)16-13-17-18-14(23-13)24(21,22)19-7-2-1-3-8-19/h4-6,9H,1-3,7-8H2,(H,16,17,20). The Morgan fingerprint density at radius 1 is 1.21 bits per heavy atom. The molecule has 2 aromatic rings. The second kappa shape index (κ2) is 7.14. The van der Waals surface area contributed by atoms with Gasteiger partial charge in [-0.2, -0.15) is 4.31 Å². The lowest BCUT2D eigenvalue weighted by Gasteiger charge is -2.24. The highest BCUT2D eigenvalue weighted by Crippen LogP contribution is 2.26. The number of amides is 1. The topological polar surface area (TPSA) is 92.3 Å². The molecule has 10 heteroatoms. The third kappa shape index (κ3) is 3.75. The fourth-order valence-electron chi connectivity index (χ4n) is 2.38. The highest BCUT2D eigenvalue weighted by Gasteiger charge is 2.29. The van der Waals surface area contributed by atoms with Crippen LogP contribution in [-0.2, 0) is 10.0 Å². The zero-order valence-electron chi connectivity index (χ0n) is 12.6. The first kappa shape index (κ1) is 17.3. The average molecular weight is 387 g/mol. The van der Waals surface area contributed by atoms with Gasteiger partial charge < -0.3 is 0 Å². The molecule has 24 heavy (non-hydrogen) atoms. The van der Waals surface area contributed by atoms with Crippen molar-refractivity contribution in [3.05, 3.63) is 34.9 Å². The van der Waals surface area contributed by atoms with Gasteiger partial charge in [-0.05, 0) is 31.0 Å². The van der Waals surface area contributed by atoms with Gasteiger partial charge in [-0.3, -0.25) is 10.1 Å². The highest BCUT2D eigenvalue weighted by molar-refractivity contribution is 7.91. The number of carbonyl (C=O) groups is 1. The molecule has 0 spiro atoms. The highest BCUT2D eigenvalue weighted by atomic mass is 35.5. The summed E-state index contributed by atoms with van der Waals surface area (Å²) in [6.45, 7) is 0.984. The molecule has 7 nitrogen and oxygen atoms in total. The molecule has 1 saturated heterocycles. The van der Waals surface area contributed by atoms with E-state index in [4.69, 9.17) is 11.6 Å². The Bertz CT molecular complexity index is 847. The number of hydrogen-bond acceptors (Lipinski definition) is 6. The van der Waals surface area contributed by atoms with Gasteiger partial charge in [0.15, 0.2) is 0 Å². The van der Waals surface area contributed by atoms with Gasteiger partial charge in [0, 0.05) is 23.7 Å². The number of nitrogens with one attached hydrogen (secondary N) is 1. The molecular weight excluding hydrogens is 372 g/mol. The van der Waals surface area contributed by atoms with E-state index in [-0.39, 0.29) is 9.47 Å². The number of benzene rings is 1. The van der Waals surface area contributed by atoms with Crippen molar-refractivity contribution in [1.82, 2.24) is 14.5 Å². The van der Waals surface area contributed by atoms with Gasteiger partial charge >= 0.3 is 0 Å². The minimum Gasteiger partial charge on any atom is -0.296 e. The van der Waals surface area contributed by atoms with Gasteiger partial charge in [0.05, 0.1) is 0 Å². The van der Waals surface area contributed by atoms with Crippen LogP contribution in [0.5, 0.6) is 0 Å². The molecule has 0 saturated carbocycles. The lowest BCUT2D eigenvalue weighted by Crippen LogP contribution is -2.35. The fraction of sp³-hybridized carbons (Fsp3) is 0.357. The summed E-state index contributed by atoms with van der Waals surface area (Å²) in [6, 6.07) is 6.44. The number of aromatic nitrogens is 2. The number of nitrogens with zero attached hydrogens (tertiary/aromatic N) is 3. The molecule has 1 fully saturated rings. The lowest BCUT2D eigenvalue weighted by molar-refractivity contribution is 0.102. The summed E-state index contributed by atoms with van der Waals surface area (Å²) in [4.78, 5) is 12.1. The van der Waals surface area contributed by atoms with Crippen LogP contribution in [0.1, 0.15) is 29.6 Å². The summed E-state index contributed by atoms with van der Waals surface area (Å²) in [5, 5.41) is 10.6. The molecule has 128 valence electrons. The van der Waals surface area contributed by atoms with E-state index in [0.717, 1.165) is 30.6 Å². The van der Waals surface area contributed by atoms with Gasteiger partial charge in [-0.25, -0.2) is 8.42 Å². The van der Waals surface area contributed by atoms with E-state index in [1.54, 1.807) is 18.2 Å². The molecular formula is C14H15ClN4O3S2. The van der Waals surface area contributed by atoms with Crippen molar-refractivity contribution in [1.29, 1.82) is 0 Å². The van der Waals surface area contributed by atoms with Crippen LogP contribution in [0.4, 0.5) is 5.13 Å². The SMILES string of the molecule is O=C(Nc1nnc(S(=O)(=O)N2CCCCC2)s1)c1cccc(Cl)c1. The van der Waals surface area contributed by atoms with Crippen LogP contribution in [-0.4, -0.2) is 41.9 Å². The quantitative estimate of drug-likeness (QED) is 0.815. The predicted molar refractivity (Wildman–Crippen MR) is 91.9 cm³/mol. The Labute approximate surface area is 148 Å². The molecule has 0 aliphatic carbocycles. The van der Waals surface area contributed by atoms with Crippen molar-refractivity contribution in [2.75, 3.05) is 18.4 Å². The van der Waals surface area contributed by atoms with E-state index in [2.05, 4.69) is 15.5 Å². The monoisotopic (exact) mass is 386 g/mol. The summed E-state index contributed by atoms with van der Waals surface area (Å²) in [5.74, 6) is -0.421. The molecule has 0 bridgehead atoms. The maximum atomic E-state index is 12.5. The second-order valence-electron chi connectivity index (χ2n) is 5.30. The fourth-order valence-corrected chi connectivity index (χ4v) is 5.12. The van der Waals surface area contributed by atoms with Crippen LogP contribution in [0.25, 0.3) is 0 Å². The Balaban J connectivity index is 1.74. The van der Waals surface area contributed by atoms with Crippen molar-refractivity contribution >= 4 is 44.0 Å². The normalized spacial score (nSPS) is 16.0. The molecule has 0 unspecified atom stereocenters. The summed E-state index contributed by atoms with van der Waals surface area (Å²) < 4.78 is 26.3. The number of anilines is 1. The van der Waals surface area contributed by atoms with Gasteiger partial charge in [0.25, 0.3) is 15.9 Å². The number of carbonyl (C=O) groups excluding carboxylic acids is 1. The molecule has 0 radical (unpaired) electrons. The first-order valence-corrected chi connectivity index (χ1v) is 10.0. The molecule has 1 aromatic carbocycles. The van der Waals surface area contributed by atoms with Crippen LogP contribution in [0, 0.1) is 0 Å². The van der Waals surface area contributed by atoms with Gasteiger partial charge in [0.2, 0.25) is 9.47 Å². The van der Waals surface area contributed by atoms with Crippen LogP contribution >= 0.6 is 22.9 Å². The maximum Gasteiger partial charge on any atom is 0.272 e. The first-order valence-electron chi connectivity index (χ1n) is 7.37. The number of hydrogen-bond donors (Lipinski definition) is 1. The van der Waals surface area contributed by atoms with Crippen LogP contribution in [0.15, 0.2) is 28.6 Å². The van der Waals surface area contributed by atoms with E-state index in [1.165, 1.54) is 10.4 Å². The third-order valence-electron chi connectivity index (χ3n) is 3.59. The molecule has 1 N–H and O–H groups in total. The largest absolute Gasteiger partial charge is 0.296 e. The zero-order chi connectivity index (χ0) is 17.2. The van der Waals surface area contributed by atoms with E-state index >= 15 is 0 Å². The van der Waals surface area contributed by atoms with Crippen LogP contribution < -0.4 is 5.32 Å². The Hall–Kier alpha value is -1.55. The Morgan fingerprint density at radius 3 is 2.67 bits per heavy atom. The van der Waals surface area contributed by atoms with E-state index in [0.29, 0.717) is 23.7 Å². The van der Waals surface area contributed by atoms with Crippen LogP contribution in [0.2, 0.25) is 5.02 Å². The molecule has 1 aliphatic heterocycles. The second-order valence-corrected chi connectivity index (χ2v) is 8.83. The van der Waals surface area contributed by atoms with E-state index in [1.807, 2.05) is 0 Å². The minimum absolute atomic E-state index is 0.106. The number of rotatable bonds is 4. The smallest absolute Gasteiger partial charge is 0.272 e. The number of sulfonamides is 1. The van der Waals surface area contributed by atoms with Crippen molar-refractivity contribution in [2.45, 2.75) is 23.6 Å². The zero-order valence-corrected chi connectivity index (χ0v) is 15.0. The van der Waals surface area contributed by atoms with Crippen molar-refractivity contribution in [3.63, 3.8) is 0 Å². The summed E-state index contributed by atoms with van der Waals surface area (Å²) in [5.41, 5.74) is 0.359. The van der Waals surface area contributed by atoms with Gasteiger partial charge in [0.1, 0.15) is 0 Å². The predicted octanol–water partition coefficient (Wildman–Crippen LogP) is 2.62. The van der Waals surface area contributed by atoms with Crippen molar-refractivity contribution < 1.29 is 13.2 Å². The molecule has 1 amide bonds. The van der Waals surface area contributed by atoms with Gasteiger partial charge in [-0.1, -0.05) is 35.4 Å². The van der Waals surface area contributed by atoms with Gasteiger partial charge in [-0.15, -0.1) is 10.2 Å². The molecule has 1 aromatic heterocycles.